The van der Waals surface area contributed by atoms with E-state index >= 15 is 0 Å². The minimum absolute atomic E-state index is 0.0593. The maximum atomic E-state index is 11.9. The summed E-state index contributed by atoms with van der Waals surface area (Å²) < 4.78 is 0. The van der Waals surface area contributed by atoms with Gasteiger partial charge in [-0.25, -0.2) is 0 Å². The van der Waals surface area contributed by atoms with Gasteiger partial charge in [0.25, 0.3) is 5.24 Å². The van der Waals surface area contributed by atoms with Gasteiger partial charge in [0.05, 0.1) is 5.25 Å². The first-order valence-corrected chi connectivity index (χ1v) is 9.08. The van der Waals surface area contributed by atoms with Crippen molar-refractivity contribution in [1.82, 2.24) is 5.32 Å². The van der Waals surface area contributed by atoms with Crippen LogP contribution in [0, 0.1) is 5.92 Å². The molecule has 1 fully saturated rings. The molecule has 4 heteroatoms. The molecule has 1 rings (SSSR count). The van der Waals surface area contributed by atoms with E-state index in [0.29, 0.717) is 5.92 Å². The van der Waals surface area contributed by atoms with E-state index in [-0.39, 0.29) is 16.4 Å². The quantitative estimate of drug-likeness (QED) is 0.552. The Morgan fingerprint density at radius 3 is 1.90 bits per heavy atom. The molecule has 116 valence electrons. The fraction of sp³-hybridized carbons (Fsp3) is 0.875. The molecule has 1 aliphatic heterocycles. The number of imide groups is 1. The fourth-order valence-electron chi connectivity index (χ4n) is 2.79. The number of carbonyl (C=O) groups is 2. The molecule has 1 heterocycles. The van der Waals surface area contributed by atoms with Crippen molar-refractivity contribution in [2.75, 3.05) is 0 Å². The molecule has 0 saturated carbocycles. The second-order valence-electron chi connectivity index (χ2n) is 5.77. The summed E-state index contributed by atoms with van der Waals surface area (Å²) >= 11 is 1.21. The first kappa shape index (κ1) is 17.5. The molecule has 1 atom stereocenters. The van der Waals surface area contributed by atoms with Crippen LogP contribution in [0.3, 0.4) is 0 Å². The fourth-order valence-corrected chi connectivity index (χ4v) is 3.81. The highest BCUT2D eigenvalue weighted by Gasteiger charge is 2.37. The summed E-state index contributed by atoms with van der Waals surface area (Å²) in [5.74, 6) is 0.316. The predicted molar refractivity (Wildman–Crippen MR) is 85.9 cm³/mol. The monoisotopic (exact) mass is 299 g/mol. The summed E-state index contributed by atoms with van der Waals surface area (Å²) in [5, 5.41) is 2.14. The molecule has 20 heavy (non-hydrogen) atoms. The Hall–Kier alpha value is -0.510. The van der Waals surface area contributed by atoms with Gasteiger partial charge in [0.15, 0.2) is 0 Å². The standard InChI is InChI=1S/C16H29NO2S/c1-3-5-7-9-11-13(12-10-8-6-4-2)14-15(18)17-16(19)20-14/h13-14H,3-12H2,1-2H3,(H,17,18,19). The van der Waals surface area contributed by atoms with Crippen molar-refractivity contribution < 1.29 is 9.59 Å². The van der Waals surface area contributed by atoms with E-state index in [0.717, 1.165) is 12.8 Å². The summed E-state index contributed by atoms with van der Waals surface area (Å²) in [5.41, 5.74) is 0. The third kappa shape index (κ3) is 6.29. The highest BCUT2D eigenvalue weighted by atomic mass is 32.2. The van der Waals surface area contributed by atoms with Crippen LogP contribution in [-0.4, -0.2) is 16.4 Å². The van der Waals surface area contributed by atoms with Crippen molar-refractivity contribution in [1.29, 1.82) is 0 Å². The number of carbonyl (C=O) groups excluding carboxylic acids is 2. The molecule has 0 radical (unpaired) electrons. The molecule has 1 aliphatic rings. The number of hydrogen-bond donors (Lipinski definition) is 1. The topological polar surface area (TPSA) is 46.2 Å². The van der Waals surface area contributed by atoms with E-state index in [9.17, 15) is 9.59 Å². The van der Waals surface area contributed by atoms with Gasteiger partial charge in [-0.1, -0.05) is 77.0 Å². The second-order valence-corrected chi connectivity index (χ2v) is 6.89. The van der Waals surface area contributed by atoms with Gasteiger partial charge in [-0.15, -0.1) is 0 Å². The molecule has 0 aromatic rings. The minimum Gasteiger partial charge on any atom is -0.286 e. The van der Waals surface area contributed by atoms with Crippen molar-refractivity contribution >= 4 is 22.9 Å². The lowest BCUT2D eigenvalue weighted by molar-refractivity contribution is -0.119. The summed E-state index contributed by atoms with van der Waals surface area (Å²) in [4.78, 5) is 23.2. The van der Waals surface area contributed by atoms with Crippen LogP contribution in [0.15, 0.2) is 0 Å². The van der Waals surface area contributed by atoms with Crippen molar-refractivity contribution in [3.63, 3.8) is 0 Å². The van der Waals surface area contributed by atoms with Gasteiger partial charge in [0, 0.05) is 0 Å². The van der Waals surface area contributed by atoms with Gasteiger partial charge in [-0.2, -0.15) is 0 Å². The Balaban J connectivity index is 2.41. The van der Waals surface area contributed by atoms with E-state index in [1.807, 2.05) is 0 Å². The SMILES string of the molecule is CCCCCCC(CCCCCC)C1SC(=O)NC1=O. The third-order valence-electron chi connectivity index (χ3n) is 4.00. The Kier molecular flexibility index (Phi) is 8.99. The molecule has 0 bridgehead atoms. The molecule has 1 saturated heterocycles. The smallest absolute Gasteiger partial charge is 0.286 e. The van der Waals surface area contributed by atoms with Gasteiger partial charge in [-0.3, -0.25) is 14.9 Å². The molecule has 0 aliphatic carbocycles. The van der Waals surface area contributed by atoms with Gasteiger partial charge < -0.3 is 0 Å². The number of nitrogens with one attached hydrogen (secondary N) is 1. The molecular formula is C16H29NO2S. The molecular weight excluding hydrogens is 270 g/mol. The lowest BCUT2D eigenvalue weighted by atomic mass is 9.91. The normalized spacial score (nSPS) is 18.9. The van der Waals surface area contributed by atoms with Crippen molar-refractivity contribution in [2.24, 2.45) is 5.92 Å². The van der Waals surface area contributed by atoms with Gasteiger partial charge in [0.1, 0.15) is 0 Å². The average Bonchev–Trinajstić information content (AvgIpc) is 2.76. The zero-order valence-corrected chi connectivity index (χ0v) is 13.8. The van der Waals surface area contributed by atoms with Crippen LogP contribution >= 0.6 is 11.8 Å². The number of amides is 2. The zero-order valence-electron chi connectivity index (χ0n) is 13.0. The van der Waals surface area contributed by atoms with Crippen molar-refractivity contribution in [3.8, 4) is 0 Å². The number of hydrogen-bond acceptors (Lipinski definition) is 3. The average molecular weight is 299 g/mol. The predicted octanol–water partition coefficient (Wildman–Crippen LogP) is 4.90. The van der Waals surface area contributed by atoms with Gasteiger partial charge >= 0.3 is 0 Å². The van der Waals surface area contributed by atoms with E-state index in [4.69, 9.17) is 0 Å². The molecule has 2 amide bonds. The number of thioether (sulfide) groups is 1. The summed E-state index contributed by atoms with van der Waals surface area (Å²) in [6.07, 6.45) is 12.0. The van der Waals surface area contributed by atoms with Crippen molar-refractivity contribution in [3.05, 3.63) is 0 Å². The van der Waals surface area contributed by atoms with Crippen LogP contribution in [0.5, 0.6) is 0 Å². The van der Waals surface area contributed by atoms with E-state index in [2.05, 4.69) is 19.2 Å². The van der Waals surface area contributed by atoms with E-state index < -0.39 is 0 Å². The largest absolute Gasteiger partial charge is 0.286 e. The lowest BCUT2D eigenvalue weighted by Crippen LogP contribution is -2.29. The number of rotatable bonds is 11. The highest BCUT2D eigenvalue weighted by Crippen LogP contribution is 2.33. The first-order chi connectivity index (χ1) is 9.69. The minimum atomic E-state index is -0.160. The van der Waals surface area contributed by atoms with E-state index in [1.54, 1.807) is 0 Å². The second kappa shape index (κ2) is 10.3. The van der Waals surface area contributed by atoms with Crippen LogP contribution < -0.4 is 5.32 Å². The Labute approximate surface area is 127 Å². The molecule has 3 nitrogen and oxygen atoms in total. The highest BCUT2D eigenvalue weighted by molar-refractivity contribution is 8.15. The molecule has 1 N–H and O–H groups in total. The molecule has 0 aromatic heterocycles. The van der Waals surface area contributed by atoms with Crippen molar-refractivity contribution in [2.45, 2.75) is 83.3 Å². The summed E-state index contributed by atoms with van der Waals surface area (Å²) in [7, 11) is 0. The summed E-state index contributed by atoms with van der Waals surface area (Å²) in [6, 6.07) is 0. The lowest BCUT2D eigenvalue weighted by Gasteiger charge is -2.20. The number of unbranched alkanes of at least 4 members (excludes halogenated alkanes) is 6. The maximum Gasteiger partial charge on any atom is 0.286 e. The Bertz CT molecular complexity index is 295. The zero-order chi connectivity index (χ0) is 14.8. The van der Waals surface area contributed by atoms with Gasteiger partial charge in [-0.05, 0) is 18.8 Å². The third-order valence-corrected chi connectivity index (χ3v) is 5.17. The first-order valence-electron chi connectivity index (χ1n) is 8.20. The molecule has 0 aromatic carbocycles. The molecule has 1 unspecified atom stereocenters. The Morgan fingerprint density at radius 2 is 1.50 bits per heavy atom. The van der Waals surface area contributed by atoms with Crippen LogP contribution in [0.25, 0.3) is 0 Å². The van der Waals surface area contributed by atoms with Crippen LogP contribution in [0.4, 0.5) is 4.79 Å². The maximum absolute atomic E-state index is 11.9. The Morgan fingerprint density at radius 1 is 0.950 bits per heavy atom. The van der Waals surface area contributed by atoms with E-state index in [1.165, 1.54) is 63.1 Å². The molecule has 0 spiro atoms. The van der Waals surface area contributed by atoms with Crippen LogP contribution in [0.1, 0.15) is 78.1 Å². The summed E-state index contributed by atoms with van der Waals surface area (Å²) in [6.45, 7) is 4.42. The van der Waals surface area contributed by atoms with Crippen LogP contribution in [-0.2, 0) is 4.79 Å². The van der Waals surface area contributed by atoms with Gasteiger partial charge in [0.2, 0.25) is 5.91 Å². The van der Waals surface area contributed by atoms with Crippen LogP contribution in [0.2, 0.25) is 0 Å².